The van der Waals surface area contributed by atoms with E-state index in [1.165, 1.54) is 24.3 Å². The lowest BCUT2D eigenvalue weighted by atomic mass is 9.96. The summed E-state index contributed by atoms with van der Waals surface area (Å²) in [6, 6.07) is 11.2. The van der Waals surface area contributed by atoms with Gasteiger partial charge in [0.05, 0.1) is 11.1 Å². The minimum Gasteiger partial charge on any atom is -0.478 e. The van der Waals surface area contributed by atoms with Crippen LogP contribution in [0.1, 0.15) is 31.8 Å². The number of carbonyl (C=O) groups is 3. The summed E-state index contributed by atoms with van der Waals surface area (Å²) in [6.07, 6.45) is -0.604. The molecule has 0 saturated heterocycles. The Kier molecular flexibility index (Phi) is 4.04. The second-order valence-electron chi connectivity index (χ2n) is 5.63. The first-order chi connectivity index (χ1) is 11.4. The molecule has 1 aliphatic rings. The third-order valence-corrected chi connectivity index (χ3v) is 3.83. The van der Waals surface area contributed by atoms with Gasteiger partial charge in [0.25, 0.3) is 5.91 Å². The van der Waals surface area contributed by atoms with Crippen molar-refractivity contribution < 1.29 is 24.2 Å². The van der Waals surface area contributed by atoms with Crippen molar-refractivity contribution in [3.63, 3.8) is 0 Å². The zero-order valence-corrected chi connectivity index (χ0v) is 12.9. The van der Waals surface area contributed by atoms with Crippen molar-refractivity contribution in [1.29, 1.82) is 0 Å². The number of anilines is 1. The van der Waals surface area contributed by atoms with Crippen LogP contribution in [0.2, 0.25) is 0 Å². The Morgan fingerprint density at radius 1 is 1.17 bits per heavy atom. The Hall–Kier alpha value is -3.15. The van der Waals surface area contributed by atoms with Crippen LogP contribution in [0.5, 0.6) is 0 Å². The van der Waals surface area contributed by atoms with E-state index in [-0.39, 0.29) is 5.56 Å². The van der Waals surface area contributed by atoms with Crippen LogP contribution < -0.4 is 5.32 Å². The number of hydrogen-bond acceptors (Lipinski definition) is 4. The van der Waals surface area contributed by atoms with E-state index in [1.807, 2.05) is 19.1 Å². The van der Waals surface area contributed by atoms with Crippen molar-refractivity contribution in [1.82, 2.24) is 0 Å². The van der Waals surface area contributed by atoms with Crippen molar-refractivity contribution in [3.05, 3.63) is 64.7 Å². The number of fused-ring (bicyclic) bond motifs is 1. The highest BCUT2D eigenvalue weighted by molar-refractivity contribution is 6.00. The van der Waals surface area contributed by atoms with E-state index in [1.54, 1.807) is 6.07 Å². The molecule has 6 nitrogen and oxygen atoms in total. The average Bonchev–Trinajstić information content (AvgIpc) is 2.55. The van der Waals surface area contributed by atoms with Crippen molar-refractivity contribution in [2.75, 3.05) is 5.32 Å². The zero-order chi connectivity index (χ0) is 17.3. The molecule has 1 atom stereocenters. The fraction of sp³-hybridized carbons (Fsp3) is 0.167. The summed E-state index contributed by atoms with van der Waals surface area (Å²) >= 11 is 0. The van der Waals surface area contributed by atoms with Crippen LogP contribution in [0.3, 0.4) is 0 Å². The summed E-state index contributed by atoms with van der Waals surface area (Å²) in [5.74, 6) is -2.00. The maximum absolute atomic E-state index is 12.3. The molecular formula is C18H15NO5. The second-order valence-corrected chi connectivity index (χ2v) is 5.63. The molecular weight excluding hydrogens is 310 g/mol. The molecule has 2 aromatic carbocycles. The lowest BCUT2D eigenvalue weighted by molar-refractivity contribution is -0.125. The van der Waals surface area contributed by atoms with Crippen LogP contribution in [0, 0.1) is 6.92 Å². The number of carboxylic acid groups (broad SMARTS) is 1. The van der Waals surface area contributed by atoms with Gasteiger partial charge < -0.3 is 15.2 Å². The van der Waals surface area contributed by atoms with E-state index >= 15 is 0 Å². The number of esters is 1. The van der Waals surface area contributed by atoms with Crippen molar-refractivity contribution in [2.45, 2.75) is 19.4 Å². The Morgan fingerprint density at radius 3 is 2.54 bits per heavy atom. The number of carboxylic acids is 1. The van der Waals surface area contributed by atoms with Crippen LogP contribution in [0.4, 0.5) is 5.69 Å². The Balaban J connectivity index is 1.73. The van der Waals surface area contributed by atoms with Gasteiger partial charge in [-0.25, -0.2) is 9.59 Å². The molecule has 0 saturated carbocycles. The summed E-state index contributed by atoms with van der Waals surface area (Å²) < 4.78 is 5.22. The molecule has 1 amide bonds. The average molecular weight is 325 g/mol. The molecule has 3 rings (SSSR count). The van der Waals surface area contributed by atoms with E-state index in [4.69, 9.17) is 9.84 Å². The molecule has 6 heteroatoms. The van der Waals surface area contributed by atoms with Crippen molar-refractivity contribution >= 4 is 23.5 Å². The monoisotopic (exact) mass is 325 g/mol. The maximum atomic E-state index is 12.3. The van der Waals surface area contributed by atoms with E-state index in [0.717, 1.165) is 11.1 Å². The van der Waals surface area contributed by atoms with E-state index in [9.17, 15) is 14.4 Å². The van der Waals surface area contributed by atoms with E-state index < -0.39 is 23.9 Å². The number of cyclic esters (lactones) is 1. The summed E-state index contributed by atoms with van der Waals surface area (Å²) in [6.45, 7) is 1.88. The molecule has 0 bridgehead atoms. The number of nitrogens with one attached hydrogen (secondary N) is 1. The second kappa shape index (κ2) is 6.16. The minimum absolute atomic E-state index is 0.126. The fourth-order valence-corrected chi connectivity index (χ4v) is 2.56. The third kappa shape index (κ3) is 3.12. The molecule has 0 fully saturated rings. The Labute approximate surface area is 138 Å². The highest BCUT2D eigenvalue weighted by Gasteiger charge is 2.31. The summed E-state index contributed by atoms with van der Waals surface area (Å²) in [4.78, 5) is 35.2. The van der Waals surface area contributed by atoms with E-state index in [0.29, 0.717) is 17.7 Å². The molecule has 0 unspecified atom stereocenters. The molecule has 1 heterocycles. The van der Waals surface area contributed by atoms with Gasteiger partial charge in [-0.3, -0.25) is 4.79 Å². The SMILES string of the molecule is Cc1ccc2c(c1)C(=O)O[C@@H](C(=O)Nc1ccc(C(=O)O)cc1)C2. The van der Waals surface area contributed by atoms with Crippen LogP contribution in [-0.2, 0) is 16.0 Å². The number of ether oxygens (including phenoxy) is 1. The quantitative estimate of drug-likeness (QED) is 0.845. The lowest BCUT2D eigenvalue weighted by Gasteiger charge is -2.24. The van der Waals surface area contributed by atoms with Gasteiger partial charge in [-0.05, 0) is 42.8 Å². The number of rotatable bonds is 3. The first-order valence-corrected chi connectivity index (χ1v) is 7.39. The van der Waals surface area contributed by atoms with Gasteiger partial charge >= 0.3 is 11.9 Å². The molecule has 0 aromatic heterocycles. The molecule has 1 aliphatic heterocycles. The van der Waals surface area contributed by atoms with Crippen LogP contribution in [0.15, 0.2) is 42.5 Å². The van der Waals surface area contributed by atoms with Gasteiger partial charge in [0, 0.05) is 12.1 Å². The molecule has 2 N–H and O–H groups in total. The predicted molar refractivity (Wildman–Crippen MR) is 86.1 cm³/mol. The van der Waals surface area contributed by atoms with Crippen LogP contribution in [-0.4, -0.2) is 29.1 Å². The molecule has 24 heavy (non-hydrogen) atoms. The molecule has 2 aromatic rings. The fourth-order valence-electron chi connectivity index (χ4n) is 2.56. The van der Waals surface area contributed by atoms with Gasteiger partial charge in [0.15, 0.2) is 6.10 Å². The van der Waals surface area contributed by atoms with Gasteiger partial charge in [-0.1, -0.05) is 17.7 Å². The maximum Gasteiger partial charge on any atom is 0.339 e. The summed E-state index contributed by atoms with van der Waals surface area (Å²) in [5, 5.41) is 11.5. The highest BCUT2D eigenvalue weighted by Crippen LogP contribution is 2.23. The number of carbonyl (C=O) groups excluding carboxylic acids is 2. The first kappa shape index (κ1) is 15.7. The Morgan fingerprint density at radius 2 is 1.88 bits per heavy atom. The molecule has 0 aliphatic carbocycles. The normalized spacial score (nSPS) is 16.0. The van der Waals surface area contributed by atoms with Crippen LogP contribution in [0.25, 0.3) is 0 Å². The minimum atomic E-state index is -1.04. The van der Waals surface area contributed by atoms with Crippen LogP contribution >= 0.6 is 0 Å². The summed E-state index contributed by atoms with van der Waals surface area (Å²) in [7, 11) is 0. The van der Waals surface area contributed by atoms with Crippen molar-refractivity contribution in [2.24, 2.45) is 0 Å². The molecule has 0 radical (unpaired) electrons. The number of hydrogen-bond donors (Lipinski definition) is 2. The number of benzene rings is 2. The zero-order valence-electron chi connectivity index (χ0n) is 12.9. The smallest absolute Gasteiger partial charge is 0.339 e. The van der Waals surface area contributed by atoms with Crippen molar-refractivity contribution in [3.8, 4) is 0 Å². The third-order valence-electron chi connectivity index (χ3n) is 3.83. The number of aryl methyl sites for hydroxylation is 1. The summed E-state index contributed by atoms with van der Waals surface area (Å²) in [5.41, 5.74) is 2.78. The molecule has 0 spiro atoms. The number of amides is 1. The largest absolute Gasteiger partial charge is 0.478 e. The predicted octanol–water partition coefficient (Wildman–Crippen LogP) is 2.41. The first-order valence-electron chi connectivity index (χ1n) is 7.39. The standard InChI is InChI=1S/C18H15NO5/c1-10-2-3-12-9-15(24-18(23)14(12)8-10)16(20)19-13-6-4-11(5-7-13)17(21)22/h2-8,15H,9H2,1H3,(H,19,20)(H,21,22)/t15-/m1/s1. The van der Waals surface area contributed by atoms with Gasteiger partial charge in [-0.2, -0.15) is 0 Å². The van der Waals surface area contributed by atoms with Gasteiger partial charge in [0.2, 0.25) is 0 Å². The molecule has 122 valence electrons. The topological polar surface area (TPSA) is 92.7 Å². The lowest BCUT2D eigenvalue weighted by Crippen LogP contribution is -2.38. The van der Waals surface area contributed by atoms with Gasteiger partial charge in [-0.15, -0.1) is 0 Å². The van der Waals surface area contributed by atoms with Gasteiger partial charge in [0.1, 0.15) is 0 Å². The Bertz CT molecular complexity index is 826. The number of aromatic carboxylic acids is 1. The van der Waals surface area contributed by atoms with E-state index in [2.05, 4.69) is 5.32 Å². The highest BCUT2D eigenvalue weighted by atomic mass is 16.5.